The second kappa shape index (κ2) is 10.7. The molecule has 4 nitrogen and oxygen atoms in total. The minimum absolute atomic E-state index is 0.0404. The normalized spacial score (nSPS) is 12.9. The molecule has 0 saturated carbocycles. The molecule has 0 spiro atoms. The standard InChI is InChI=1S/C43H26N4S/c1-4-14-27(15-5-1)30-24-25-35-34(26-30)37-31-20-10-11-21-32(31)38-33-22-12-13-23-36(33)48-40(38)39(37)47(35)43-45-41(28-16-6-2-7-17-28)44-42(46-43)29-18-8-3-9-19-29/h1-26H/i12D,13D,22D,23D. The van der Waals surface area contributed by atoms with Gasteiger partial charge in [-0.15, -0.1) is 11.3 Å². The predicted octanol–water partition coefficient (Wildman–Crippen LogP) is 11.5. The molecule has 0 amide bonds. The fourth-order valence-electron chi connectivity index (χ4n) is 6.86. The highest BCUT2D eigenvalue weighted by Gasteiger charge is 2.24. The predicted molar refractivity (Wildman–Crippen MR) is 201 cm³/mol. The lowest BCUT2D eigenvalue weighted by atomic mass is 9.97. The van der Waals surface area contributed by atoms with Crippen molar-refractivity contribution in [2.45, 2.75) is 0 Å². The monoisotopic (exact) mass is 634 g/mol. The van der Waals surface area contributed by atoms with E-state index in [1.807, 2.05) is 91.0 Å². The van der Waals surface area contributed by atoms with E-state index in [-0.39, 0.29) is 24.2 Å². The van der Waals surface area contributed by atoms with Gasteiger partial charge in [-0.2, -0.15) is 9.97 Å². The van der Waals surface area contributed by atoms with Gasteiger partial charge in [0.25, 0.3) is 0 Å². The Kier molecular flexibility index (Phi) is 5.17. The number of fused-ring (bicyclic) bond motifs is 10. The maximum Gasteiger partial charge on any atom is 0.238 e. The average Bonchev–Trinajstić information content (AvgIpc) is 3.78. The lowest BCUT2D eigenvalue weighted by Crippen LogP contribution is -2.06. The van der Waals surface area contributed by atoms with E-state index < -0.39 is 0 Å². The largest absolute Gasteiger partial charge is 0.276 e. The van der Waals surface area contributed by atoms with Crippen LogP contribution in [-0.4, -0.2) is 19.5 Å². The van der Waals surface area contributed by atoms with E-state index in [0.717, 1.165) is 64.9 Å². The van der Waals surface area contributed by atoms with Crippen LogP contribution in [0, 0.1) is 0 Å². The van der Waals surface area contributed by atoms with E-state index >= 15 is 0 Å². The van der Waals surface area contributed by atoms with Crippen LogP contribution in [0.3, 0.4) is 0 Å². The lowest BCUT2D eigenvalue weighted by Gasteiger charge is -2.12. The van der Waals surface area contributed by atoms with Crippen LogP contribution < -0.4 is 0 Å². The Morgan fingerprint density at radius 3 is 1.75 bits per heavy atom. The third-order valence-corrected chi connectivity index (χ3v) is 10.1. The van der Waals surface area contributed by atoms with Crippen LogP contribution in [0.25, 0.3) is 92.6 Å². The average molecular weight is 635 g/mol. The molecule has 0 atom stereocenters. The maximum absolute atomic E-state index is 9.08. The summed E-state index contributed by atoms with van der Waals surface area (Å²) in [5.74, 6) is 1.51. The number of rotatable bonds is 4. The fraction of sp³-hybridized carbons (Fsp3) is 0. The molecule has 224 valence electrons. The minimum atomic E-state index is -0.244. The number of thiophene rings is 1. The van der Waals surface area contributed by atoms with Gasteiger partial charge in [0.2, 0.25) is 5.95 Å². The van der Waals surface area contributed by atoms with Crippen LogP contribution in [0.2, 0.25) is 0 Å². The van der Waals surface area contributed by atoms with Crippen molar-refractivity contribution < 1.29 is 5.48 Å². The third-order valence-electron chi connectivity index (χ3n) is 8.98. The molecule has 5 heteroatoms. The first kappa shape index (κ1) is 23.2. The van der Waals surface area contributed by atoms with Crippen molar-refractivity contribution in [3.8, 4) is 39.9 Å². The zero-order chi connectivity index (χ0) is 35.1. The summed E-state index contributed by atoms with van der Waals surface area (Å²) in [6, 6.07) is 44.2. The van der Waals surface area contributed by atoms with Crippen LogP contribution in [0.4, 0.5) is 0 Å². The van der Waals surface area contributed by atoms with Crippen LogP contribution in [0.5, 0.6) is 0 Å². The first-order chi connectivity index (χ1) is 25.5. The summed E-state index contributed by atoms with van der Waals surface area (Å²) < 4.78 is 38.6. The molecule has 3 heterocycles. The number of nitrogens with zero attached hydrogens (tertiary/aromatic N) is 4. The Labute approximate surface area is 285 Å². The van der Waals surface area contributed by atoms with E-state index in [0.29, 0.717) is 27.7 Å². The summed E-state index contributed by atoms with van der Waals surface area (Å²) in [4.78, 5) is 15.3. The molecule has 0 aliphatic rings. The number of hydrogen-bond acceptors (Lipinski definition) is 4. The summed E-state index contributed by atoms with van der Waals surface area (Å²) in [5.41, 5.74) is 5.62. The van der Waals surface area contributed by atoms with Crippen LogP contribution >= 0.6 is 11.3 Å². The van der Waals surface area contributed by atoms with Gasteiger partial charge in [-0.25, -0.2) is 4.98 Å². The van der Waals surface area contributed by atoms with Crippen LogP contribution in [-0.2, 0) is 0 Å². The molecule has 0 unspecified atom stereocenters. The van der Waals surface area contributed by atoms with Gasteiger partial charge in [0, 0.05) is 37.4 Å². The summed E-state index contributed by atoms with van der Waals surface area (Å²) >= 11 is 1.39. The van der Waals surface area contributed by atoms with Gasteiger partial charge < -0.3 is 0 Å². The molecule has 0 aliphatic carbocycles. The molecular formula is C43H26N4S. The molecule has 0 fully saturated rings. The fourth-order valence-corrected chi connectivity index (χ4v) is 8.02. The van der Waals surface area contributed by atoms with E-state index in [9.17, 15) is 0 Å². The molecule has 0 bridgehead atoms. The molecule has 3 aromatic heterocycles. The Bertz CT molecular complexity index is 2990. The number of hydrogen-bond donors (Lipinski definition) is 0. The summed E-state index contributed by atoms with van der Waals surface area (Å²) in [6.45, 7) is 0. The summed E-state index contributed by atoms with van der Waals surface area (Å²) in [5, 5.41) is 5.23. The van der Waals surface area contributed by atoms with Crippen molar-refractivity contribution in [2.24, 2.45) is 0 Å². The van der Waals surface area contributed by atoms with Gasteiger partial charge in [-0.3, -0.25) is 4.57 Å². The molecule has 10 aromatic rings. The second-order valence-electron chi connectivity index (χ2n) is 11.7. The molecule has 0 N–H and O–H groups in total. The first-order valence-corrected chi connectivity index (χ1v) is 16.5. The van der Waals surface area contributed by atoms with Gasteiger partial charge in [-0.1, -0.05) is 139 Å². The van der Waals surface area contributed by atoms with Crippen LogP contribution in [0.15, 0.2) is 158 Å². The van der Waals surface area contributed by atoms with E-state index in [1.165, 1.54) is 11.3 Å². The zero-order valence-electron chi connectivity index (χ0n) is 29.4. The topological polar surface area (TPSA) is 43.6 Å². The smallest absolute Gasteiger partial charge is 0.238 e. The van der Waals surface area contributed by atoms with Crippen molar-refractivity contribution in [3.63, 3.8) is 0 Å². The first-order valence-electron chi connectivity index (χ1n) is 17.7. The van der Waals surface area contributed by atoms with Crippen molar-refractivity contribution >= 4 is 64.1 Å². The van der Waals surface area contributed by atoms with Gasteiger partial charge in [0.15, 0.2) is 11.6 Å². The Balaban J connectivity index is 1.44. The second-order valence-corrected chi connectivity index (χ2v) is 12.7. The van der Waals surface area contributed by atoms with Crippen molar-refractivity contribution in [3.05, 3.63) is 158 Å². The highest BCUT2D eigenvalue weighted by atomic mass is 32.1. The van der Waals surface area contributed by atoms with Gasteiger partial charge in [0.05, 0.1) is 21.2 Å². The zero-order valence-corrected chi connectivity index (χ0v) is 26.2. The van der Waals surface area contributed by atoms with Crippen molar-refractivity contribution in [1.29, 1.82) is 0 Å². The highest BCUT2D eigenvalue weighted by Crippen LogP contribution is 2.48. The Morgan fingerprint density at radius 2 is 1.08 bits per heavy atom. The van der Waals surface area contributed by atoms with Gasteiger partial charge >= 0.3 is 0 Å². The van der Waals surface area contributed by atoms with Gasteiger partial charge in [-0.05, 0) is 40.1 Å². The number of aromatic nitrogens is 4. The molecule has 7 aromatic carbocycles. The van der Waals surface area contributed by atoms with Crippen LogP contribution in [0.1, 0.15) is 5.48 Å². The highest BCUT2D eigenvalue weighted by molar-refractivity contribution is 7.27. The van der Waals surface area contributed by atoms with E-state index in [4.69, 9.17) is 20.4 Å². The van der Waals surface area contributed by atoms with E-state index in [2.05, 4.69) is 47.0 Å². The third kappa shape index (κ3) is 4.11. The number of benzene rings is 7. The quantitative estimate of drug-likeness (QED) is 0.193. The van der Waals surface area contributed by atoms with Crippen molar-refractivity contribution in [1.82, 2.24) is 19.5 Å². The molecule has 48 heavy (non-hydrogen) atoms. The van der Waals surface area contributed by atoms with E-state index in [1.54, 1.807) is 0 Å². The van der Waals surface area contributed by atoms with Gasteiger partial charge in [0.1, 0.15) is 0 Å². The Morgan fingerprint density at radius 1 is 0.500 bits per heavy atom. The minimum Gasteiger partial charge on any atom is -0.276 e. The molecule has 0 radical (unpaired) electrons. The molecular weight excluding hydrogens is 605 g/mol. The van der Waals surface area contributed by atoms with Crippen molar-refractivity contribution in [2.75, 3.05) is 0 Å². The SMILES string of the molecule is [2H]c1c([2H])c([2H])c2c(sc3c2c2ccccc2c2c4cc(-c5ccccc5)ccc4n(-c4nc(-c5ccccc5)nc(-c5ccccc5)n4)c32)c1[2H]. The lowest BCUT2D eigenvalue weighted by molar-refractivity contribution is 0.955. The molecule has 0 aliphatic heterocycles. The maximum atomic E-state index is 9.08. The Hall–Kier alpha value is -6.17. The summed E-state index contributed by atoms with van der Waals surface area (Å²) in [6.07, 6.45) is 0. The molecule has 0 saturated heterocycles. The summed E-state index contributed by atoms with van der Waals surface area (Å²) in [7, 11) is 0. The molecule has 10 rings (SSSR count).